The summed E-state index contributed by atoms with van der Waals surface area (Å²) in [4.78, 5) is 24.2. The molecule has 0 saturated heterocycles. The third-order valence-electron chi connectivity index (χ3n) is 5.81. The van der Waals surface area contributed by atoms with Gasteiger partial charge in [0.05, 0.1) is 5.75 Å². The van der Waals surface area contributed by atoms with Crippen LogP contribution in [0.25, 0.3) is 10.4 Å². The van der Waals surface area contributed by atoms with Crippen LogP contribution in [0.5, 0.6) is 0 Å². The van der Waals surface area contributed by atoms with Crippen molar-refractivity contribution in [2.24, 2.45) is 0 Å². The van der Waals surface area contributed by atoms with Gasteiger partial charge in [0, 0.05) is 21.1 Å². The van der Waals surface area contributed by atoms with Gasteiger partial charge in [0.1, 0.15) is 9.75 Å². The maximum Gasteiger partial charge on any atom is 0.325 e. The molecule has 4 rings (SSSR count). The summed E-state index contributed by atoms with van der Waals surface area (Å²) in [6, 6.07) is 18.8. The third-order valence-corrected chi connectivity index (χ3v) is 10.3. The van der Waals surface area contributed by atoms with Crippen molar-refractivity contribution in [3.05, 3.63) is 77.3 Å². The largest absolute Gasteiger partial charge is 0.481 e. The lowest BCUT2D eigenvalue weighted by Crippen LogP contribution is -2.49. The number of thioether (sulfide) groups is 1. The average molecular weight is 538 g/mol. The molecule has 1 aliphatic rings. The Labute approximate surface area is 209 Å². The van der Waals surface area contributed by atoms with Gasteiger partial charge < -0.3 is 10.2 Å². The lowest BCUT2D eigenvalue weighted by Gasteiger charge is -2.24. The zero-order valence-electron chi connectivity index (χ0n) is 17.6. The predicted octanol–water partition coefficient (Wildman–Crippen LogP) is 4.33. The molecular weight excluding hydrogens is 518 g/mol. The number of halogens is 1. The molecule has 1 heterocycles. The first kappa shape index (κ1) is 24.7. The Balaban J connectivity index is 1.66. The molecule has 0 amide bonds. The van der Waals surface area contributed by atoms with Crippen molar-refractivity contribution in [1.82, 2.24) is 4.72 Å². The highest BCUT2D eigenvalue weighted by Gasteiger charge is 2.74. The number of hydrogen-bond acceptors (Lipinski definition) is 6. The minimum absolute atomic E-state index is 0.00914. The van der Waals surface area contributed by atoms with Gasteiger partial charge in [0.2, 0.25) is 0 Å². The van der Waals surface area contributed by atoms with E-state index >= 15 is 0 Å². The number of aliphatic carboxylic acids is 2. The van der Waals surface area contributed by atoms with Crippen molar-refractivity contribution in [2.45, 2.75) is 21.6 Å². The standard InChI is InChI=1S/C23H20ClNO6S3/c24-17-8-6-15(7-9-17)18-10-11-20(33-18)34(30,31)25-23(21(28)29)13-22(23,14-32-12-19(26)27)16-4-2-1-3-5-16/h1-11,25H,12-14H2,(H,26,27)(H,28,29)/t22-,23+/m1/s1. The summed E-state index contributed by atoms with van der Waals surface area (Å²) in [6.45, 7) is 0. The quantitative estimate of drug-likeness (QED) is 0.352. The lowest BCUT2D eigenvalue weighted by atomic mass is 9.92. The van der Waals surface area contributed by atoms with Crippen LogP contribution in [0.15, 0.2) is 70.9 Å². The molecule has 1 aliphatic carbocycles. The Morgan fingerprint density at radius 2 is 1.71 bits per heavy atom. The molecule has 1 saturated carbocycles. The first-order valence-corrected chi connectivity index (χ1v) is 13.9. The van der Waals surface area contributed by atoms with E-state index in [0.717, 1.165) is 28.7 Å². The summed E-state index contributed by atoms with van der Waals surface area (Å²) < 4.78 is 29.1. The van der Waals surface area contributed by atoms with E-state index in [0.29, 0.717) is 15.5 Å². The van der Waals surface area contributed by atoms with Gasteiger partial charge in [-0.15, -0.1) is 23.1 Å². The molecule has 0 aliphatic heterocycles. The highest BCUT2D eigenvalue weighted by molar-refractivity contribution is 8.00. The van der Waals surface area contributed by atoms with Crippen LogP contribution >= 0.6 is 34.7 Å². The monoisotopic (exact) mass is 537 g/mol. The van der Waals surface area contributed by atoms with Crippen molar-refractivity contribution >= 4 is 56.7 Å². The topological polar surface area (TPSA) is 121 Å². The van der Waals surface area contributed by atoms with Crippen molar-refractivity contribution in [1.29, 1.82) is 0 Å². The third kappa shape index (κ3) is 4.60. The Morgan fingerprint density at radius 1 is 1.03 bits per heavy atom. The fraction of sp³-hybridized carbons (Fsp3) is 0.217. The molecule has 7 nitrogen and oxygen atoms in total. The second-order valence-electron chi connectivity index (χ2n) is 7.95. The van der Waals surface area contributed by atoms with Crippen molar-refractivity contribution in [3.8, 4) is 10.4 Å². The van der Waals surface area contributed by atoms with Gasteiger partial charge in [-0.1, -0.05) is 54.1 Å². The Hall–Kier alpha value is -2.37. The van der Waals surface area contributed by atoms with E-state index in [1.165, 1.54) is 6.07 Å². The second-order valence-corrected chi connectivity index (χ2v) is 12.4. The van der Waals surface area contributed by atoms with Gasteiger partial charge in [0.15, 0.2) is 0 Å². The number of carbonyl (C=O) groups is 2. The maximum atomic E-state index is 13.3. The lowest BCUT2D eigenvalue weighted by molar-refractivity contribution is -0.140. The molecule has 0 spiro atoms. The number of hydrogen-bond donors (Lipinski definition) is 3. The number of thiophene rings is 1. The Kier molecular flexibility index (Phi) is 6.80. The number of benzene rings is 2. The number of nitrogens with one attached hydrogen (secondary N) is 1. The summed E-state index contributed by atoms with van der Waals surface area (Å²) in [5.41, 5.74) is -1.43. The van der Waals surface area contributed by atoms with Crippen molar-refractivity contribution < 1.29 is 28.2 Å². The summed E-state index contributed by atoms with van der Waals surface area (Å²) in [7, 11) is -4.18. The van der Waals surface area contributed by atoms with Crippen LogP contribution in [0.2, 0.25) is 5.02 Å². The molecule has 3 N–H and O–H groups in total. The molecule has 2 aromatic carbocycles. The summed E-state index contributed by atoms with van der Waals surface area (Å²) >= 11 is 8.02. The molecule has 0 bridgehead atoms. The number of carboxylic acids is 2. The molecule has 11 heteroatoms. The minimum atomic E-state index is -4.18. The summed E-state index contributed by atoms with van der Waals surface area (Å²) in [5, 5.41) is 19.8. The van der Waals surface area contributed by atoms with Crippen LogP contribution in [-0.2, 0) is 25.0 Å². The molecule has 0 radical (unpaired) electrons. The molecule has 3 aromatic rings. The van der Waals surface area contributed by atoms with Gasteiger partial charge in [0.25, 0.3) is 10.0 Å². The SMILES string of the molecule is O=C(O)CSC[C@@]1(c2ccccc2)C[C@]1(NS(=O)(=O)c1ccc(-c2ccc(Cl)cc2)s1)C(=O)O. The second kappa shape index (κ2) is 9.35. The highest BCUT2D eigenvalue weighted by Crippen LogP contribution is 2.60. The number of carboxylic acid groups (broad SMARTS) is 2. The highest BCUT2D eigenvalue weighted by atomic mass is 35.5. The fourth-order valence-electron chi connectivity index (χ4n) is 4.06. The van der Waals surface area contributed by atoms with Gasteiger partial charge in [-0.2, -0.15) is 4.72 Å². The van der Waals surface area contributed by atoms with Crippen LogP contribution in [-0.4, -0.2) is 47.6 Å². The first-order chi connectivity index (χ1) is 16.1. The minimum Gasteiger partial charge on any atom is -0.481 e. The van der Waals surface area contributed by atoms with E-state index in [9.17, 15) is 23.1 Å². The van der Waals surface area contributed by atoms with Crippen LogP contribution in [0.1, 0.15) is 12.0 Å². The van der Waals surface area contributed by atoms with Crippen LogP contribution in [0.4, 0.5) is 0 Å². The van der Waals surface area contributed by atoms with Crippen LogP contribution in [0, 0.1) is 0 Å². The van der Waals surface area contributed by atoms with Gasteiger partial charge in [-0.05, 0) is 41.8 Å². The van der Waals surface area contributed by atoms with Gasteiger partial charge in [-0.3, -0.25) is 9.59 Å². The smallest absolute Gasteiger partial charge is 0.325 e. The predicted molar refractivity (Wildman–Crippen MR) is 133 cm³/mol. The number of rotatable bonds is 10. The molecule has 178 valence electrons. The molecule has 1 aromatic heterocycles. The Morgan fingerprint density at radius 3 is 2.32 bits per heavy atom. The van der Waals surface area contributed by atoms with Gasteiger partial charge in [-0.25, -0.2) is 8.42 Å². The molecule has 1 fully saturated rings. The van der Waals surface area contributed by atoms with E-state index < -0.39 is 32.9 Å². The summed E-state index contributed by atoms with van der Waals surface area (Å²) in [6.07, 6.45) is 0.0145. The van der Waals surface area contributed by atoms with Crippen molar-refractivity contribution in [3.63, 3.8) is 0 Å². The van der Waals surface area contributed by atoms with E-state index in [2.05, 4.69) is 4.72 Å². The van der Waals surface area contributed by atoms with Crippen molar-refractivity contribution in [2.75, 3.05) is 11.5 Å². The summed E-state index contributed by atoms with van der Waals surface area (Å²) in [5.74, 6) is -2.40. The zero-order valence-corrected chi connectivity index (χ0v) is 20.8. The van der Waals surface area contributed by atoms with E-state index in [-0.39, 0.29) is 22.1 Å². The van der Waals surface area contributed by atoms with E-state index in [1.54, 1.807) is 60.7 Å². The van der Waals surface area contributed by atoms with E-state index in [1.807, 2.05) is 0 Å². The molecule has 2 atom stereocenters. The molecule has 0 unspecified atom stereocenters. The van der Waals surface area contributed by atoms with E-state index in [4.69, 9.17) is 16.7 Å². The zero-order chi connectivity index (χ0) is 24.6. The fourth-order valence-corrected chi connectivity index (χ4v) is 8.06. The van der Waals surface area contributed by atoms with Gasteiger partial charge >= 0.3 is 11.9 Å². The van der Waals surface area contributed by atoms with Crippen LogP contribution < -0.4 is 4.72 Å². The first-order valence-electron chi connectivity index (χ1n) is 10.1. The Bertz CT molecular complexity index is 1330. The normalized spacial score (nSPS) is 21.8. The average Bonchev–Trinajstić information content (AvgIpc) is 3.16. The van der Waals surface area contributed by atoms with Crippen LogP contribution in [0.3, 0.4) is 0 Å². The molecule has 34 heavy (non-hydrogen) atoms. The maximum absolute atomic E-state index is 13.3. The number of sulfonamides is 1. The molecular formula is C23H20ClNO6S3.